The zero-order valence-electron chi connectivity index (χ0n) is 10.9. The van der Waals surface area contributed by atoms with Crippen molar-refractivity contribution in [1.29, 1.82) is 0 Å². The summed E-state index contributed by atoms with van der Waals surface area (Å²) in [7, 11) is 0. The fourth-order valence-electron chi connectivity index (χ4n) is 1.83. The molecule has 3 aromatic rings. The molecule has 0 aliphatic rings. The summed E-state index contributed by atoms with van der Waals surface area (Å²) in [6.07, 6.45) is 7.73. The van der Waals surface area contributed by atoms with Gasteiger partial charge in [0.1, 0.15) is 0 Å². The Morgan fingerprint density at radius 1 is 0.950 bits per heavy atom. The lowest BCUT2D eigenvalue weighted by atomic mass is 10.2. The number of pyridine rings is 1. The quantitative estimate of drug-likeness (QED) is 0.680. The highest BCUT2D eigenvalue weighted by atomic mass is 16.5. The number of hydrogen-bond acceptors (Lipinski definition) is 3. The average molecular weight is 264 g/mol. The number of hydrogen-bond donors (Lipinski definition) is 0. The van der Waals surface area contributed by atoms with Crippen LogP contribution < -0.4 is 4.57 Å². The predicted octanol–water partition coefficient (Wildman–Crippen LogP) is 2.58. The maximum absolute atomic E-state index is 5.22. The summed E-state index contributed by atoms with van der Waals surface area (Å²) in [5.41, 5.74) is 1.11. The first kappa shape index (κ1) is 12.3. The molecule has 0 aliphatic carbocycles. The van der Waals surface area contributed by atoms with Crippen LogP contribution >= 0.6 is 0 Å². The van der Waals surface area contributed by atoms with Crippen LogP contribution in [0.1, 0.15) is 17.3 Å². The van der Waals surface area contributed by atoms with Crippen LogP contribution in [0.3, 0.4) is 0 Å². The normalized spacial score (nSPS) is 11.0. The van der Waals surface area contributed by atoms with Gasteiger partial charge in [-0.3, -0.25) is 0 Å². The molecule has 0 unspecified atom stereocenters. The van der Waals surface area contributed by atoms with Crippen LogP contribution in [0.4, 0.5) is 0 Å². The maximum atomic E-state index is 5.22. The summed E-state index contributed by atoms with van der Waals surface area (Å²) >= 11 is 0. The number of rotatable bonds is 4. The van der Waals surface area contributed by atoms with Gasteiger partial charge in [-0.15, -0.1) is 0 Å². The molecule has 0 amide bonds. The molecule has 98 valence electrons. The van der Waals surface area contributed by atoms with Gasteiger partial charge in [-0.25, -0.2) is 0 Å². The zero-order chi connectivity index (χ0) is 13.6. The number of aromatic nitrogens is 3. The van der Waals surface area contributed by atoms with E-state index < -0.39 is 0 Å². The molecule has 0 atom stereocenters. The van der Waals surface area contributed by atoms with Gasteiger partial charge in [0.2, 0.25) is 6.54 Å². The van der Waals surface area contributed by atoms with Gasteiger partial charge in [0.15, 0.2) is 18.2 Å². The first-order valence-corrected chi connectivity index (χ1v) is 6.40. The van der Waals surface area contributed by atoms with Gasteiger partial charge < -0.3 is 4.52 Å². The second kappa shape index (κ2) is 5.93. The maximum Gasteiger partial charge on any atom is 0.292 e. The molecule has 0 radical (unpaired) electrons. The van der Waals surface area contributed by atoms with E-state index in [0.29, 0.717) is 18.3 Å². The van der Waals surface area contributed by atoms with Gasteiger partial charge in [-0.05, 0) is 11.6 Å². The smallest absolute Gasteiger partial charge is 0.292 e. The van der Waals surface area contributed by atoms with Crippen molar-refractivity contribution in [2.24, 2.45) is 0 Å². The highest BCUT2D eigenvalue weighted by Gasteiger charge is 2.08. The van der Waals surface area contributed by atoms with Crippen LogP contribution in [-0.4, -0.2) is 10.1 Å². The summed E-state index contributed by atoms with van der Waals surface area (Å²) in [5, 5.41) is 3.94. The van der Waals surface area contributed by atoms with Crippen molar-refractivity contribution in [2.45, 2.75) is 6.54 Å². The topological polar surface area (TPSA) is 42.8 Å². The highest BCUT2D eigenvalue weighted by molar-refractivity contribution is 5.66. The second-order valence-electron chi connectivity index (χ2n) is 4.34. The third kappa shape index (κ3) is 3.17. The fourth-order valence-corrected chi connectivity index (χ4v) is 1.83. The van der Waals surface area contributed by atoms with Crippen LogP contribution in [0.5, 0.6) is 0 Å². The summed E-state index contributed by atoms with van der Waals surface area (Å²) in [4.78, 5) is 4.34. The molecule has 0 bridgehead atoms. The van der Waals surface area contributed by atoms with E-state index in [2.05, 4.69) is 10.1 Å². The lowest BCUT2D eigenvalue weighted by Crippen LogP contribution is -2.32. The summed E-state index contributed by atoms with van der Waals surface area (Å²) in [5.74, 6) is 1.18. The van der Waals surface area contributed by atoms with Crippen LogP contribution in [0.15, 0.2) is 65.4 Å². The molecular weight excluding hydrogens is 250 g/mol. The Bertz CT molecular complexity index is 690. The van der Waals surface area contributed by atoms with Gasteiger partial charge in [0, 0.05) is 12.1 Å². The Labute approximate surface area is 117 Å². The van der Waals surface area contributed by atoms with Gasteiger partial charge >= 0.3 is 0 Å². The van der Waals surface area contributed by atoms with E-state index in [1.54, 1.807) is 0 Å². The minimum atomic E-state index is 0.576. The van der Waals surface area contributed by atoms with E-state index in [4.69, 9.17) is 4.52 Å². The average Bonchev–Trinajstić information content (AvgIpc) is 2.95. The molecule has 20 heavy (non-hydrogen) atoms. The summed E-state index contributed by atoms with van der Waals surface area (Å²) < 4.78 is 7.21. The minimum Gasteiger partial charge on any atom is -0.332 e. The molecule has 1 aromatic carbocycles. The SMILES string of the molecule is C(=C\c1noc(C[n+]2ccccc2)n1)/c1ccccc1. The van der Waals surface area contributed by atoms with Crippen molar-refractivity contribution in [1.82, 2.24) is 10.1 Å². The molecule has 0 N–H and O–H groups in total. The van der Waals surface area contributed by atoms with E-state index in [-0.39, 0.29) is 0 Å². The lowest BCUT2D eigenvalue weighted by molar-refractivity contribution is -0.690. The lowest BCUT2D eigenvalue weighted by Gasteiger charge is -1.89. The molecule has 2 aromatic heterocycles. The monoisotopic (exact) mass is 264 g/mol. The summed E-state index contributed by atoms with van der Waals surface area (Å²) in [6.45, 7) is 0.576. The molecule has 0 saturated carbocycles. The number of benzene rings is 1. The first-order chi connectivity index (χ1) is 9.90. The van der Waals surface area contributed by atoms with E-state index in [0.717, 1.165) is 5.56 Å². The van der Waals surface area contributed by atoms with E-state index >= 15 is 0 Å². The third-order valence-electron chi connectivity index (χ3n) is 2.80. The van der Waals surface area contributed by atoms with Crippen LogP contribution in [0.2, 0.25) is 0 Å². The molecule has 0 fully saturated rings. The zero-order valence-corrected chi connectivity index (χ0v) is 10.9. The Balaban J connectivity index is 1.70. The molecule has 2 heterocycles. The van der Waals surface area contributed by atoms with Crippen LogP contribution in [0.25, 0.3) is 12.2 Å². The van der Waals surface area contributed by atoms with Gasteiger partial charge in [0.25, 0.3) is 5.89 Å². The van der Waals surface area contributed by atoms with E-state index in [1.165, 1.54) is 0 Å². The van der Waals surface area contributed by atoms with Gasteiger partial charge in [0.05, 0.1) is 0 Å². The van der Waals surface area contributed by atoms with Gasteiger partial charge in [-0.1, -0.05) is 47.6 Å². The highest BCUT2D eigenvalue weighted by Crippen LogP contribution is 2.05. The Hall–Kier alpha value is -2.75. The van der Waals surface area contributed by atoms with E-state index in [9.17, 15) is 0 Å². The van der Waals surface area contributed by atoms with Crippen molar-refractivity contribution in [3.8, 4) is 0 Å². The van der Waals surface area contributed by atoms with Crippen molar-refractivity contribution < 1.29 is 9.09 Å². The molecule has 3 rings (SSSR count). The Morgan fingerprint density at radius 3 is 2.50 bits per heavy atom. The molecule has 0 spiro atoms. The van der Waals surface area contributed by atoms with Gasteiger partial charge in [-0.2, -0.15) is 9.55 Å². The van der Waals surface area contributed by atoms with Crippen molar-refractivity contribution in [3.63, 3.8) is 0 Å². The molecule has 0 saturated heterocycles. The largest absolute Gasteiger partial charge is 0.332 e. The van der Waals surface area contributed by atoms with Crippen molar-refractivity contribution in [2.75, 3.05) is 0 Å². The number of nitrogens with zero attached hydrogens (tertiary/aromatic N) is 3. The second-order valence-corrected chi connectivity index (χ2v) is 4.34. The molecular formula is C16H14N3O+. The Kier molecular flexibility index (Phi) is 3.64. The van der Waals surface area contributed by atoms with Crippen molar-refractivity contribution >= 4 is 12.2 Å². The molecule has 0 aliphatic heterocycles. The van der Waals surface area contributed by atoms with Crippen molar-refractivity contribution in [3.05, 3.63) is 78.2 Å². The molecule has 4 nitrogen and oxygen atoms in total. The van der Waals surface area contributed by atoms with E-state index in [1.807, 2.05) is 77.6 Å². The first-order valence-electron chi connectivity index (χ1n) is 6.40. The standard InChI is InChI=1S/C16H14N3O/c1-3-7-14(8-4-1)9-10-15-17-16(20-18-15)13-19-11-5-2-6-12-19/h1-12H,13H2/q+1/b10-9+. The Morgan fingerprint density at radius 2 is 1.70 bits per heavy atom. The molecule has 4 heteroatoms. The minimum absolute atomic E-state index is 0.576. The van der Waals surface area contributed by atoms with Crippen LogP contribution in [0, 0.1) is 0 Å². The van der Waals surface area contributed by atoms with Crippen LogP contribution in [-0.2, 0) is 6.54 Å². The predicted molar refractivity (Wildman–Crippen MR) is 75.4 cm³/mol. The fraction of sp³-hybridized carbons (Fsp3) is 0.0625. The summed E-state index contributed by atoms with van der Waals surface area (Å²) in [6, 6.07) is 15.9. The third-order valence-corrected chi connectivity index (χ3v) is 2.80.